The predicted octanol–water partition coefficient (Wildman–Crippen LogP) is 3.55. The summed E-state index contributed by atoms with van der Waals surface area (Å²) in [6, 6.07) is 0.223. The van der Waals surface area contributed by atoms with E-state index in [-0.39, 0.29) is 6.04 Å². The zero-order valence-electron chi connectivity index (χ0n) is 11.0. The van der Waals surface area contributed by atoms with Crippen molar-refractivity contribution in [1.82, 2.24) is 5.01 Å². The topological polar surface area (TPSA) is 29.3 Å². The number of nitrogens with zero attached hydrogens (tertiary/aromatic N) is 1. The van der Waals surface area contributed by atoms with Gasteiger partial charge in [0, 0.05) is 11.6 Å². The highest BCUT2D eigenvalue weighted by Crippen LogP contribution is 2.27. The molecule has 2 atom stereocenters. The van der Waals surface area contributed by atoms with Gasteiger partial charge in [-0.2, -0.15) is 0 Å². The molecule has 0 radical (unpaired) electrons. The van der Waals surface area contributed by atoms with Gasteiger partial charge in [-0.05, 0) is 32.3 Å². The Morgan fingerprint density at radius 2 is 2.41 bits per heavy atom. The molecule has 0 spiro atoms. The summed E-state index contributed by atoms with van der Waals surface area (Å²) < 4.78 is 0. The van der Waals surface area contributed by atoms with Gasteiger partial charge < -0.3 is 5.01 Å². The second-order valence-corrected chi connectivity index (χ2v) is 4.38. The van der Waals surface area contributed by atoms with Crippen molar-refractivity contribution in [1.29, 1.82) is 0 Å². The van der Waals surface area contributed by atoms with Crippen LogP contribution in [0.2, 0.25) is 0 Å². The van der Waals surface area contributed by atoms with E-state index in [1.807, 2.05) is 11.1 Å². The van der Waals surface area contributed by atoms with Crippen LogP contribution in [0.15, 0.2) is 48.7 Å². The minimum absolute atomic E-state index is 0.223. The molecule has 0 bridgehead atoms. The molecule has 0 heterocycles. The van der Waals surface area contributed by atoms with Gasteiger partial charge in [-0.1, -0.05) is 37.3 Å². The van der Waals surface area contributed by atoms with E-state index in [0.29, 0.717) is 5.92 Å². The van der Waals surface area contributed by atoms with Gasteiger partial charge in [-0.25, -0.2) is 5.84 Å². The lowest BCUT2D eigenvalue weighted by Crippen LogP contribution is -2.41. The molecule has 1 aliphatic rings. The van der Waals surface area contributed by atoms with Crippen LogP contribution in [0.3, 0.4) is 0 Å². The van der Waals surface area contributed by atoms with Crippen LogP contribution in [0.25, 0.3) is 0 Å². The first-order chi connectivity index (χ1) is 8.24. The average Bonchev–Trinajstić information content (AvgIpc) is 2.38. The molecule has 2 nitrogen and oxygen atoms in total. The summed E-state index contributed by atoms with van der Waals surface area (Å²) in [5.41, 5.74) is 1.22. The van der Waals surface area contributed by atoms with Gasteiger partial charge >= 0.3 is 0 Å². The van der Waals surface area contributed by atoms with Crippen molar-refractivity contribution < 1.29 is 0 Å². The summed E-state index contributed by atoms with van der Waals surface area (Å²) in [6.45, 7) is 8.04. The van der Waals surface area contributed by atoms with Gasteiger partial charge in [0.05, 0.1) is 6.04 Å². The fourth-order valence-corrected chi connectivity index (χ4v) is 2.15. The van der Waals surface area contributed by atoms with Crippen molar-refractivity contribution >= 4 is 0 Å². The molecule has 0 saturated heterocycles. The zero-order valence-corrected chi connectivity index (χ0v) is 11.0. The molecule has 0 fully saturated rings. The molecule has 2 heteroatoms. The first-order valence-corrected chi connectivity index (χ1v) is 6.38. The predicted molar refractivity (Wildman–Crippen MR) is 75.1 cm³/mol. The lowest BCUT2D eigenvalue weighted by molar-refractivity contribution is 0.258. The molecule has 1 rings (SSSR count). The van der Waals surface area contributed by atoms with Crippen molar-refractivity contribution in [2.75, 3.05) is 0 Å². The van der Waals surface area contributed by atoms with Crippen molar-refractivity contribution in [2.45, 2.75) is 39.2 Å². The molecule has 0 aliphatic heterocycles. The third-order valence-corrected chi connectivity index (χ3v) is 3.24. The Morgan fingerprint density at radius 1 is 1.65 bits per heavy atom. The standard InChI is InChI=1S/C15H24N2/c1-4-7-10-13-11-8-9-12-15(13)17(16)14(5-2)6-3/h4-5,7-9,12-14H,2,6,10-11,16H2,1,3H3/b7-4-. The number of hydrazine groups is 1. The fraction of sp³-hybridized carbons (Fsp3) is 0.467. The van der Waals surface area contributed by atoms with E-state index >= 15 is 0 Å². The Morgan fingerprint density at radius 3 is 3.00 bits per heavy atom. The number of allylic oxidation sites excluding steroid dienone is 6. The van der Waals surface area contributed by atoms with E-state index in [9.17, 15) is 0 Å². The van der Waals surface area contributed by atoms with E-state index in [4.69, 9.17) is 5.84 Å². The highest BCUT2D eigenvalue weighted by molar-refractivity contribution is 5.21. The van der Waals surface area contributed by atoms with E-state index in [1.165, 1.54) is 5.70 Å². The first kappa shape index (κ1) is 13.8. The second-order valence-electron chi connectivity index (χ2n) is 4.38. The van der Waals surface area contributed by atoms with Crippen LogP contribution in [-0.2, 0) is 0 Å². The highest BCUT2D eigenvalue weighted by atomic mass is 15.4. The van der Waals surface area contributed by atoms with Crippen molar-refractivity contribution in [3.8, 4) is 0 Å². The number of hydrogen-bond acceptors (Lipinski definition) is 2. The zero-order chi connectivity index (χ0) is 12.7. The normalized spacial score (nSPS) is 21.4. The van der Waals surface area contributed by atoms with E-state index < -0.39 is 0 Å². The summed E-state index contributed by atoms with van der Waals surface area (Å²) in [7, 11) is 0. The largest absolute Gasteiger partial charge is 0.308 e. The quantitative estimate of drug-likeness (QED) is 0.431. The van der Waals surface area contributed by atoms with Gasteiger partial charge in [-0.15, -0.1) is 6.58 Å². The summed E-state index contributed by atoms with van der Waals surface area (Å²) in [4.78, 5) is 0. The molecule has 0 amide bonds. The third kappa shape index (κ3) is 3.60. The Hall–Kier alpha value is -1.28. The molecule has 2 unspecified atom stereocenters. The fourth-order valence-electron chi connectivity index (χ4n) is 2.15. The van der Waals surface area contributed by atoms with Crippen LogP contribution in [0.5, 0.6) is 0 Å². The van der Waals surface area contributed by atoms with Crippen molar-refractivity contribution in [3.05, 3.63) is 48.7 Å². The minimum atomic E-state index is 0.223. The van der Waals surface area contributed by atoms with Crippen LogP contribution in [0.4, 0.5) is 0 Å². The van der Waals surface area contributed by atoms with E-state index in [2.05, 4.69) is 50.8 Å². The molecule has 2 N–H and O–H groups in total. The van der Waals surface area contributed by atoms with Crippen LogP contribution < -0.4 is 5.84 Å². The Balaban J connectivity index is 2.79. The lowest BCUT2D eigenvalue weighted by atomic mass is 9.92. The van der Waals surface area contributed by atoms with Crippen LogP contribution in [0, 0.1) is 5.92 Å². The Labute approximate surface area is 105 Å². The van der Waals surface area contributed by atoms with Gasteiger partial charge in [0.2, 0.25) is 0 Å². The third-order valence-electron chi connectivity index (χ3n) is 3.24. The molecule has 0 aromatic carbocycles. The maximum atomic E-state index is 6.21. The molecular formula is C15H24N2. The molecule has 17 heavy (non-hydrogen) atoms. The molecule has 1 aliphatic carbocycles. The van der Waals surface area contributed by atoms with Gasteiger partial charge in [0.15, 0.2) is 0 Å². The van der Waals surface area contributed by atoms with Crippen molar-refractivity contribution in [3.63, 3.8) is 0 Å². The molecule has 0 aromatic heterocycles. The lowest BCUT2D eigenvalue weighted by Gasteiger charge is -2.33. The molecular weight excluding hydrogens is 208 g/mol. The maximum Gasteiger partial charge on any atom is 0.0623 e. The number of hydrogen-bond donors (Lipinski definition) is 1. The molecule has 0 saturated carbocycles. The van der Waals surface area contributed by atoms with Gasteiger partial charge in [0.1, 0.15) is 0 Å². The monoisotopic (exact) mass is 232 g/mol. The summed E-state index contributed by atoms with van der Waals surface area (Å²) in [5.74, 6) is 6.71. The second kappa shape index (κ2) is 7.13. The van der Waals surface area contributed by atoms with Crippen molar-refractivity contribution in [2.24, 2.45) is 11.8 Å². The smallest absolute Gasteiger partial charge is 0.0623 e. The molecule has 94 valence electrons. The van der Waals surface area contributed by atoms with Gasteiger partial charge in [-0.3, -0.25) is 0 Å². The highest BCUT2D eigenvalue weighted by Gasteiger charge is 2.21. The number of rotatable bonds is 6. The SMILES string of the molecule is C=CC(CC)N(N)C1=CC=CCC1C/C=C\C. The summed E-state index contributed by atoms with van der Waals surface area (Å²) in [5, 5.41) is 1.88. The Kier molecular flexibility index (Phi) is 5.78. The van der Waals surface area contributed by atoms with E-state index in [0.717, 1.165) is 19.3 Å². The maximum absolute atomic E-state index is 6.21. The molecule has 0 aromatic rings. The minimum Gasteiger partial charge on any atom is -0.308 e. The van der Waals surface area contributed by atoms with Crippen LogP contribution >= 0.6 is 0 Å². The average molecular weight is 232 g/mol. The first-order valence-electron chi connectivity index (χ1n) is 6.38. The summed E-state index contributed by atoms with van der Waals surface area (Å²) >= 11 is 0. The summed E-state index contributed by atoms with van der Waals surface area (Å²) in [6.07, 6.45) is 15.8. The van der Waals surface area contributed by atoms with E-state index in [1.54, 1.807) is 0 Å². The Bertz CT molecular complexity index is 326. The van der Waals surface area contributed by atoms with Gasteiger partial charge in [0.25, 0.3) is 0 Å². The van der Waals surface area contributed by atoms with Crippen LogP contribution in [0.1, 0.15) is 33.1 Å². The number of nitrogens with two attached hydrogens (primary N) is 1. The van der Waals surface area contributed by atoms with Crippen LogP contribution in [-0.4, -0.2) is 11.1 Å².